The molecule has 0 spiro atoms. The van der Waals surface area contributed by atoms with Gasteiger partial charge in [-0.15, -0.1) is 0 Å². The molecule has 1 fully saturated rings. The second-order valence-corrected chi connectivity index (χ2v) is 7.63. The van der Waals surface area contributed by atoms with Crippen LogP contribution in [0.5, 0.6) is 0 Å². The molecule has 7 nitrogen and oxygen atoms in total. The van der Waals surface area contributed by atoms with E-state index < -0.39 is 17.7 Å². The van der Waals surface area contributed by atoms with Crippen molar-refractivity contribution in [3.63, 3.8) is 0 Å². The average Bonchev–Trinajstić information content (AvgIpc) is 3.29. The average molecular weight is 440 g/mol. The Labute approximate surface area is 186 Å². The van der Waals surface area contributed by atoms with E-state index in [1.54, 1.807) is 12.3 Å². The number of anilines is 1. The van der Waals surface area contributed by atoms with Gasteiger partial charge in [-0.25, -0.2) is 23.8 Å². The summed E-state index contributed by atoms with van der Waals surface area (Å²) < 4.78 is 27.3. The lowest BCUT2D eigenvalue weighted by atomic mass is 9.85. The van der Waals surface area contributed by atoms with Crippen molar-refractivity contribution in [2.24, 2.45) is 16.9 Å². The van der Waals surface area contributed by atoms with Gasteiger partial charge in [0.1, 0.15) is 35.5 Å². The van der Waals surface area contributed by atoms with Crippen molar-refractivity contribution in [2.75, 3.05) is 18.0 Å². The minimum absolute atomic E-state index is 0.00689. The van der Waals surface area contributed by atoms with E-state index in [-0.39, 0.29) is 17.7 Å². The monoisotopic (exact) mass is 440 g/mol. The van der Waals surface area contributed by atoms with Crippen LogP contribution in [0.15, 0.2) is 35.7 Å². The van der Waals surface area contributed by atoms with Gasteiger partial charge in [0.2, 0.25) is 5.91 Å². The van der Waals surface area contributed by atoms with Gasteiger partial charge in [0, 0.05) is 43.8 Å². The molecule has 168 valence electrons. The fourth-order valence-corrected chi connectivity index (χ4v) is 4.14. The van der Waals surface area contributed by atoms with Gasteiger partial charge in [-0.3, -0.25) is 4.79 Å². The third-order valence-corrected chi connectivity index (χ3v) is 5.64. The van der Waals surface area contributed by atoms with Crippen molar-refractivity contribution in [3.05, 3.63) is 53.5 Å². The Bertz CT molecular complexity index is 1020. The maximum absolute atomic E-state index is 13.7. The summed E-state index contributed by atoms with van der Waals surface area (Å²) in [5.41, 5.74) is 0.691. The highest BCUT2D eigenvalue weighted by Crippen LogP contribution is 2.34. The first kappa shape index (κ1) is 23.3. The first-order chi connectivity index (χ1) is 15.5. The number of amides is 1. The Morgan fingerprint density at radius 1 is 1.16 bits per heavy atom. The number of halogens is 2. The molecule has 0 saturated carbocycles. The van der Waals surface area contributed by atoms with Gasteiger partial charge in [-0.2, -0.15) is 10.4 Å². The number of nitriles is 1. The van der Waals surface area contributed by atoms with Crippen LogP contribution < -0.4 is 4.90 Å². The van der Waals surface area contributed by atoms with Crippen molar-refractivity contribution >= 4 is 17.9 Å². The van der Waals surface area contributed by atoms with E-state index in [2.05, 4.69) is 15.1 Å². The number of piperidine rings is 1. The van der Waals surface area contributed by atoms with Gasteiger partial charge in [0.15, 0.2) is 0 Å². The Kier molecular flexibility index (Phi) is 7.46. The Morgan fingerprint density at radius 2 is 1.88 bits per heavy atom. The lowest BCUT2D eigenvalue weighted by Crippen LogP contribution is -2.46. The van der Waals surface area contributed by atoms with Crippen LogP contribution in [0.3, 0.4) is 0 Å². The molecule has 1 amide bonds. The normalized spacial score (nSPS) is 22.2. The Hall–Kier alpha value is -3.41. The van der Waals surface area contributed by atoms with Gasteiger partial charge >= 0.3 is 0 Å². The summed E-state index contributed by atoms with van der Waals surface area (Å²) >= 11 is 0. The van der Waals surface area contributed by atoms with Gasteiger partial charge in [0.05, 0.1) is 6.04 Å². The molecule has 2 aliphatic heterocycles. The SMILES string of the molecule is CC.CC1CN(c2cc(C#N)ncn2)CC[C@@H]1C(=O)N1N=CC[C@@H]1c1cc(F)cc(F)c1. The molecule has 0 N–H and O–H groups in total. The molecule has 1 aromatic heterocycles. The zero-order valence-corrected chi connectivity index (χ0v) is 18.4. The maximum Gasteiger partial charge on any atom is 0.246 e. The predicted octanol–water partition coefficient (Wildman–Crippen LogP) is 4.07. The van der Waals surface area contributed by atoms with Crippen molar-refractivity contribution in [1.82, 2.24) is 15.0 Å². The van der Waals surface area contributed by atoms with E-state index in [9.17, 15) is 13.6 Å². The maximum atomic E-state index is 13.7. The van der Waals surface area contributed by atoms with Crippen molar-refractivity contribution < 1.29 is 13.6 Å². The van der Waals surface area contributed by atoms with E-state index in [0.29, 0.717) is 43.0 Å². The number of hydrazone groups is 1. The molecule has 2 aromatic rings. The molecule has 2 aliphatic rings. The number of aromatic nitrogens is 2. The Balaban J connectivity index is 0.00000141. The number of carbonyl (C=O) groups excluding carboxylic acids is 1. The summed E-state index contributed by atoms with van der Waals surface area (Å²) in [6.45, 7) is 7.17. The van der Waals surface area contributed by atoms with Gasteiger partial charge in [0.25, 0.3) is 0 Å². The Morgan fingerprint density at radius 3 is 2.53 bits per heavy atom. The van der Waals surface area contributed by atoms with Crippen LogP contribution >= 0.6 is 0 Å². The first-order valence-corrected chi connectivity index (χ1v) is 10.7. The number of carbonyl (C=O) groups is 1. The second-order valence-electron chi connectivity index (χ2n) is 7.63. The van der Waals surface area contributed by atoms with Gasteiger partial charge in [-0.1, -0.05) is 20.8 Å². The van der Waals surface area contributed by atoms with Crippen molar-refractivity contribution in [3.8, 4) is 6.07 Å². The lowest BCUT2D eigenvalue weighted by molar-refractivity contribution is -0.139. The fourth-order valence-electron chi connectivity index (χ4n) is 4.14. The summed E-state index contributed by atoms with van der Waals surface area (Å²) in [5, 5.41) is 14.6. The number of hydrogen-bond donors (Lipinski definition) is 0. The molecule has 0 aliphatic carbocycles. The number of benzene rings is 1. The van der Waals surface area contributed by atoms with Crippen LogP contribution in [-0.4, -0.2) is 40.2 Å². The largest absolute Gasteiger partial charge is 0.356 e. The molecule has 0 bridgehead atoms. The zero-order chi connectivity index (χ0) is 23.3. The van der Waals surface area contributed by atoms with Gasteiger partial charge < -0.3 is 4.90 Å². The minimum atomic E-state index is -0.674. The van der Waals surface area contributed by atoms with Crippen LogP contribution in [0.25, 0.3) is 0 Å². The van der Waals surface area contributed by atoms with Crippen LogP contribution in [0.1, 0.15) is 50.9 Å². The number of rotatable bonds is 3. The van der Waals surface area contributed by atoms with Crippen LogP contribution in [0.2, 0.25) is 0 Å². The van der Waals surface area contributed by atoms with Crippen molar-refractivity contribution in [1.29, 1.82) is 5.26 Å². The van der Waals surface area contributed by atoms with Crippen LogP contribution in [-0.2, 0) is 4.79 Å². The predicted molar refractivity (Wildman–Crippen MR) is 117 cm³/mol. The summed E-state index contributed by atoms with van der Waals surface area (Å²) in [6, 6.07) is 6.44. The molecular formula is C23H26F2N6O. The van der Waals surface area contributed by atoms with E-state index in [4.69, 9.17) is 5.26 Å². The van der Waals surface area contributed by atoms with Crippen molar-refractivity contribution in [2.45, 2.75) is 39.7 Å². The summed E-state index contributed by atoms with van der Waals surface area (Å²) in [5.74, 6) is -1.10. The van der Waals surface area contributed by atoms with E-state index >= 15 is 0 Å². The van der Waals surface area contributed by atoms with Gasteiger partial charge in [-0.05, 0) is 30.0 Å². The quantitative estimate of drug-likeness (QED) is 0.718. The van der Waals surface area contributed by atoms with E-state index in [1.807, 2.05) is 31.7 Å². The molecule has 1 unspecified atom stereocenters. The lowest BCUT2D eigenvalue weighted by Gasteiger charge is -2.38. The molecule has 9 heteroatoms. The van der Waals surface area contributed by atoms with E-state index in [1.165, 1.54) is 23.5 Å². The van der Waals surface area contributed by atoms with E-state index in [0.717, 1.165) is 6.07 Å². The molecule has 32 heavy (non-hydrogen) atoms. The molecule has 3 atom stereocenters. The molecule has 4 rings (SSSR count). The molecule has 3 heterocycles. The third kappa shape index (κ3) is 4.90. The molecule has 1 aromatic carbocycles. The first-order valence-electron chi connectivity index (χ1n) is 10.7. The molecule has 0 radical (unpaired) electrons. The fraction of sp³-hybridized carbons (Fsp3) is 0.435. The highest BCUT2D eigenvalue weighted by atomic mass is 19.1. The summed E-state index contributed by atoms with van der Waals surface area (Å²) in [6.07, 6.45) is 3.97. The smallest absolute Gasteiger partial charge is 0.246 e. The van der Waals surface area contributed by atoms with Crippen LogP contribution in [0.4, 0.5) is 14.6 Å². The highest BCUT2D eigenvalue weighted by Gasteiger charge is 2.38. The molecule has 1 saturated heterocycles. The van der Waals surface area contributed by atoms with Crippen LogP contribution in [0, 0.1) is 34.8 Å². The topological polar surface area (TPSA) is 85.5 Å². The third-order valence-electron chi connectivity index (χ3n) is 5.64. The standard InChI is InChI=1S/C21H20F2N6O.C2H6/c1-13-11-28(20-9-17(10-24)25-12-26-20)5-3-18(13)21(30)29-19(2-4-27-29)14-6-15(22)8-16(23)7-14;1-2/h4,6-9,12-13,18-19H,2-3,5,11H2,1H3;1-2H3/t13?,18-,19+;/m0./s1. The highest BCUT2D eigenvalue weighted by molar-refractivity contribution is 5.82. The second kappa shape index (κ2) is 10.3. The number of hydrogen-bond acceptors (Lipinski definition) is 6. The minimum Gasteiger partial charge on any atom is -0.356 e. The summed E-state index contributed by atoms with van der Waals surface area (Å²) in [7, 11) is 0. The zero-order valence-electron chi connectivity index (χ0n) is 18.4. The molecular weight excluding hydrogens is 414 g/mol. The number of nitrogens with zero attached hydrogens (tertiary/aromatic N) is 6. The summed E-state index contributed by atoms with van der Waals surface area (Å²) in [4.78, 5) is 23.4.